The van der Waals surface area contributed by atoms with Crippen LogP contribution in [0.5, 0.6) is 11.5 Å². The van der Waals surface area contributed by atoms with Gasteiger partial charge in [-0.3, -0.25) is 4.79 Å². The molecule has 1 N–H and O–H groups in total. The molecule has 2 aromatic rings. The predicted molar refractivity (Wildman–Crippen MR) is 120 cm³/mol. The third-order valence-corrected chi connectivity index (χ3v) is 5.65. The quantitative estimate of drug-likeness (QED) is 0.462. The van der Waals surface area contributed by atoms with Gasteiger partial charge in [0.15, 0.2) is 16.7 Å². The van der Waals surface area contributed by atoms with E-state index in [2.05, 4.69) is 16.2 Å². The monoisotopic (exact) mass is 466 g/mol. The first-order valence-electron chi connectivity index (χ1n) is 8.10. The van der Waals surface area contributed by atoms with E-state index >= 15 is 0 Å². The number of amides is 1. The number of benzene rings is 2. The number of ether oxygens (including phenoxy) is 2. The second-order valence-electron chi connectivity index (χ2n) is 5.58. The number of methoxy groups -OCH3 is 1. The molecule has 0 aromatic heterocycles. The molecule has 148 valence electrons. The zero-order chi connectivity index (χ0) is 21.0. The molecule has 0 bridgehead atoms. The van der Waals surface area contributed by atoms with Crippen molar-refractivity contribution in [1.82, 2.24) is 5.32 Å². The average molecular weight is 468 g/mol. The van der Waals surface area contributed by atoms with Crippen LogP contribution in [0, 0.1) is 12.3 Å². The minimum Gasteiger partial charge on any atom is -0.493 e. The van der Waals surface area contributed by atoms with Gasteiger partial charge in [-0.1, -0.05) is 46.8 Å². The zero-order valence-electron chi connectivity index (χ0n) is 15.0. The maximum atomic E-state index is 12.3. The number of halogens is 3. The average Bonchev–Trinajstić information content (AvgIpc) is 3.03. The SMILES string of the molecule is C#CCOc1c(Cl)cc(/C=C2/SC(=Nc3cccc(Cl)c3Cl)NC2=O)cc1OC. The fraction of sp³-hybridized carbons (Fsp3) is 0.100. The molecule has 1 aliphatic rings. The topological polar surface area (TPSA) is 59.9 Å². The number of hydrogen-bond donors (Lipinski definition) is 1. The number of nitrogens with zero attached hydrogens (tertiary/aromatic N) is 1. The molecule has 5 nitrogen and oxygen atoms in total. The van der Waals surface area contributed by atoms with Crippen LogP contribution in [0.3, 0.4) is 0 Å². The van der Waals surface area contributed by atoms with E-state index in [-0.39, 0.29) is 12.5 Å². The molecule has 0 saturated carbocycles. The maximum absolute atomic E-state index is 12.3. The number of aliphatic imine (C=N–C) groups is 1. The van der Waals surface area contributed by atoms with E-state index in [0.717, 1.165) is 0 Å². The van der Waals surface area contributed by atoms with Gasteiger partial charge in [0.25, 0.3) is 5.91 Å². The van der Waals surface area contributed by atoms with Gasteiger partial charge in [-0.2, -0.15) is 0 Å². The Morgan fingerprint density at radius 1 is 1.28 bits per heavy atom. The van der Waals surface area contributed by atoms with Crippen LogP contribution in [0.2, 0.25) is 15.1 Å². The van der Waals surface area contributed by atoms with E-state index in [1.807, 2.05) is 0 Å². The van der Waals surface area contributed by atoms with E-state index in [0.29, 0.717) is 47.9 Å². The minimum atomic E-state index is -0.297. The van der Waals surface area contributed by atoms with Crippen molar-refractivity contribution in [3.63, 3.8) is 0 Å². The summed E-state index contributed by atoms with van der Waals surface area (Å²) < 4.78 is 10.7. The van der Waals surface area contributed by atoms with Crippen molar-refractivity contribution in [3.05, 3.63) is 55.9 Å². The van der Waals surface area contributed by atoms with Crippen LogP contribution in [0.4, 0.5) is 5.69 Å². The fourth-order valence-corrected chi connectivity index (χ4v) is 3.84. The van der Waals surface area contributed by atoms with Gasteiger partial charge in [-0.05, 0) is 47.7 Å². The summed E-state index contributed by atoms with van der Waals surface area (Å²) in [5.41, 5.74) is 1.11. The number of terminal acetylenes is 1. The standard InChI is InChI=1S/C20H13Cl3N2O3S/c1-3-7-28-18-13(22)8-11(9-15(18)27-2)10-16-19(26)25-20(29-16)24-14-6-4-5-12(21)17(14)23/h1,4-6,8-10H,7H2,2H3,(H,24,25,26)/b16-10+. The van der Waals surface area contributed by atoms with Gasteiger partial charge < -0.3 is 14.8 Å². The molecular weight excluding hydrogens is 455 g/mol. The number of rotatable bonds is 5. The lowest BCUT2D eigenvalue weighted by Gasteiger charge is -2.11. The number of hydrogen-bond acceptors (Lipinski definition) is 5. The first-order valence-corrected chi connectivity index (χ1v) is 10.1. The number of nitrogens with one attached hydrogen (secondary N) is 1. The summed E-state index contributed by atoms with van der Waals surface area (Å²) in [6.45, 7) is 0.0562. The highest BCUT2D eigenvalue weighted by Gasteiger charge is 2.24. The van der Waals surface area contributed by atoms with Crippen LogP contribution in [-0.2, 0) is 4.79 Å². The Labute approximate surface area is 187 Å². The number of carbonyl (C=O) groups excluding carboxylic acids is 1. The van der Waals surface area contributed by atoms with Crippen LogP contribution in [-0.4, -0.2) is 24.8 Å². The van der Waals surface area contributed by atoms with Crippen LogP contribution < -0.4 is 14.8 Å². The fourth-order valence-electron chi connectivity index (χ4n) is 2.40. The summed E-state index contributed by atoms with van der Waals surface area (Å²) in [6, 6.07) is 8.44. The van der Waals surface area contributed by atoms with Gasteiger partial charge in [0.05, 0.1) is 32.8 Å². The molecule has 0 atom stereocenters. The third-order valence-electron chi connectivity index (χ3n) is 3.65. The van der Waals surface area contributed by atoms with Gasteiger partial charge in [0, 0.05) is 0 Å². The number of carbonyl (C=O) groups is 1. The van der Waals surface area contributed by atoms with Gasteiger partial charge in [-0.25, -0.2) is 4.99 Å². The zero-order valence-corrected chi connectivity index (χ0v) is 18.0. The van der Waals surface area contributed by atoms with Gasteiger partial charge in [0.1, 0.15) is 6.61 Å². The molecule has 1 heterocycles. The largest absolute Gasteiger partial charge is 0.493 e. The van der Waals surface area contributed by atoms with Crippen LogP contribution in [0.25, 0.3) is 6.08 Å². The summed E-state index contributed by atoms with van der Waals surface area (Å²) >= 11 is 19.6. The summed E-state index contributed by atoms with van der Waals surface area (Å²) in [6.07, 6.45) is 6.88. The Kier molecular flexibility index (Phi) is 6.99. The van der Waals surface area contributed by atoms with E-state index < -0.39 is 0 Å². The Bertz CT molecular complexity index is 1080. The highest BCUT2D eigenvalue weighted by Crippen LogP contribution is 2.38. The van der Waals surface area contributed by atoms with E-state index in [1.165, 1.54) is 18.9 Å². The smallest absolute Gasteiger partial charge is 0.264 e. The van der Waals surface area contributed by atoms with Crippen molar-refractivity contribution in [2.24, 2.45) is 4.99 Å². The molecule has 3 rings (SSSR count). The van der Waals surface area contributed by atoms with Crippen molar-refractivity contribution in [2.75, 3.05) is 13.7 Å². The molecule has 0 unspecified atom stereocenters. The molecular formula is C20H13Cl3N2O3S. The highest BCUT2D eigenvalue weighted by molar-refractivity contribution is 8.18. The first kappa shape index (κ1) is 21.4. The molecule has 0 spiro atoms. The van der Waals surface area contributed by atoms with Crippen LogP contribution in [0.1, 0.15) is 5.56 Å². The molecule has 29 heavy (non-hydrogen) atoms. The van der Waals surface area contributed by atoms with Crippen molar-refractivity contribution in [2.45, 2.75) is 0 Å². The first-order chi connectivity index (χ1) is 13.9. The molecule has 2 aromatic carbocycles. The summed E-state index contributed by atoms with van der Waals surface area (Å²) in [4.78, 5) is 17.1. The number of thioether (sulfide) groups is 1. The molecule has 1 aliphatic heterocycles. The Morgan fingerprint density at radius 2 is 2.07 bits per heavy atom. The maximum Gasteiger partial charge on any atom is 0.264 e. The normalized spacial score (nSPS) is 16.0. The summed E-state index contributed by atoms with van der Waals surface area (Å²) in [5, 5.41) is 4.09. The van der Waals surface area contributed by atoms with Crippen molar-refractivity contribution in [3.8, 4) is 23.8 Å². The van der Waals surface area contributed by atoms with E-state index in [1.54, 1.807) is 36.4 Å². The van der Waals surface area contributed by atoms with Gasteiger partial charge in [-0.15, -0.1) is 6.42 Å². The lowest BCUT2D eigenvalue weighted by molar-refractivity contribution is -0.115. The molecule has 0 aliphatic carbocycles. The van der Waals surface area contributed by atoms with Crippen molar-refractivity contribution < 1.29 is 14.3 Å². The predicted octanol–water partition coefficient (Wildman–Crippen LogP) is 5.56. The highest BCUT2D eigenvalue weighted by atomic mass is 35.5. The lowest BCUT2D eigenvalue weighted by Crippen LogP contribution is -2.19. The molecule has 1 fully saturated rings. The van der Waals surface area contributed by atoms with Gasteiger partial charge in [0.2, 0.25) is 0 Å². The summed E-state index contributed by atoms with van der Waals surface area (Å²) in [5.74, 6) is 2.82. The molecule has 0 radical (unpaired) electrons. The van der Waals surface area contributed by atoms with Crippen LogP contribution >= 0.6 is 46.6 Å². The Balaban J connectivity index is 1.89. The second kappa shape index (κ2) is 9.47. The Morgan fingerprint density at radius 3 is 2.79 bits per heavy atom. The molecule has 1 saturated heterocycles. The lowest BCUT2D eigenvalue weighted by atomic mass is 10.2. The number of amidine groups is 1. The van der Waals surface area contributed by atoms with E-state index in [9.17, 15) is 4.79 Å². The van der Waals surface area contributed by atoms with Crippen molar-refractivity contribution in [1.29, 1.82) is 0 Å². The third kappa shape index (κ3) is 5.01. The Hall–Kier alpha value is -2.30. The second-order valence-corrected chi connectivity index (χ2v) is 7.80. The van der Waals surface area contributed by atoms with Crippen LogP contribution in [0.15, 0.2) is 40.2 Å². The van der Waals surface area contributed by atoms with Crippen molar-refractivity contribution >= 4 is 69.4 Å². The van der Waals surface area contributed by atoms with E-state index in [4.69, 9.17) is 50.7 Å². The molecule has 9 heteroatoms. The summed E-state index contributed by atoms with van der Waals surface area (Å²) in [7, 11) is 1.49. The van der Waals surface area contributed by atoms with Gasteiger partial charge >= 0.3 is 0 Å². The molecule has 1 amide bonds. The minimum absolute atomic E-state index is 0.0562.